The molecular formula is C13H20N2S. The second-order valence-corrected chi connectivity index (χ2v) is 4.39. The van der Waals surface area contributed by atoms with Crippen LogP contribution < -0.4 is 10.6 Å². The van der Waals surface area contributed by atoms with Crippen molar-refractivity contribution in [2.45, 2.75) is 33.6 Å². The van der Waals surface area contributed by atoms with E-state index in [1.54, 1.807) is 0 Å². The summed E-state index contributed by atoms with van der Waals surface area (Å²) in [6, 6.07) is 6.20. The van der Waals surface area contributed by atoms with Crippen LogP contribution in [0.2, 0.25) is 0 Å². The summed E-state index contributed by atoms with van der Waals surface area (Å²) in [5.41, 5.74) is 3.62. The summed E-state index contributed by atoms with van der Waals surface area (Å²) < 4.78 is 0. The van der Waals surface area contributed by atoms with E-state index in [-0.39, 0.29) is 0 Å². The van der Waals surface area contributed by atoms with Gasteiger partial charge >= 0.3 is 0 Å². The molecular weight excluding hydrogens is 216 g/mol. The fourth-order valence-corrected chi connectivity index (χ4v) is 1.64. The highest BCUT2D eigenvalue weighted by Crippen LogP contribution is 2.17. The number of aryl methyl sites for hydroxylation is 1. The van der Waals surface area contributed by atoms with E-state index in [2.05, 4.69) is 43.5 Å². The van der Waals surface area contributed by atoms with Crippen LogP contribution in [0.15, 0.2) is 18.2 Å². The Morgan fingerprint density at radius 2 is 2.06 bits per heavy atom. The van der Waals surface area contributed by atoms with Gasteiger partial charge in [0.1, 0.15) is 0 Å². The molecule has 0 aromatic heterocycles. The summed E-state index contributed by atoms with van der Waals surface area (Å²) in [6.45, 7) is 7.32. The highest BCUT2D eigenvalue weighted by atomic mass is 32.1. The topological polar surface area (TPSA) is 24.1 Å². The molecule has 88 valence electrons. The molecule has 0 amide bonds. The van der Waals surface area contributed by atoms with Crippen molar-refractivity contribution in [2.24, 2.45) is 0 Å². The van der Waals surface area contributed by atoms with Crippen molar-refractivity contribution in [3.8, 4) is 0 Å². The Morgan fingerprint density at radius 1 is 1.31 bits per heavy atom. The number of rotatable bonds is 4. The highest BCUT2D eigenvalue weighted by Gasteiger charge is 2.01. The van der Waals surface area contributed by atoms with Crippen LogP contribution >= 0.6 is 12.2 Å². The summed E-state index contributed by atoms with van der Waals surface area (Å²) in [4.78, 5) is 0. The van der Waals surface area contributed by atoms with Crippen molar-refractivity contribution in [1.82, 2.24) is 5.32 Å². The minimum absolute atomic E-state index is 0.710. The Bertz CT molecular complexity index is 361. The first-order valence-electron chi connectivity index (χ1n) is 5.76. The number of benzene rings is 1. The first-order chi connectivity index (χ1) is 7.65. The van der Waals surface area contributed by atoms with Crippen LogP contribution in [0.25, 0.3) is 0 Å². The summed E-state index contributed by atoms with van der Waals surface area (Å²) in [5.74, 6) is 0. The van der Waals surface area contributed by atoms with Gasteiger partial charge in [-0.1, -0.05) is 25.5 Å². The summed E-state index contributed by atoms with van der Waals surface area (Å²) in [7, 11) is 0. The smallest absolute Gasteiger partial charge is 0.170 e. The zero-order chi connectivity index (χ0) is 12.0. The Morgan fingerprint density at radius 3 is 2.75 bits per heavy atom. The van der Waals surface area contributed by atoms with Crippen molar-refractivity contribution in [2.75, 3.05) is 11.9 Å². The molecule has 2 nitrogen and oxygen atoms in total. The summed E-state index contributed by atoms with van der Waals surface area (Å²) in [5, 5.41) is 7.14. The SMILES string of the molecule is CCCCNC(=S)Nc1cccc(C)c1C. The summed E-state index contributed by atoms with van der Waals surface area (Å²) >= 11 is 5.23. The lowest BCUT2D eigenvalue weighted by molar-refractivity contribution is 0.758. The van der Waals surface area contributed by atoms with E-state index >= 15 is 0 Å². The first-order valence-corrected chi connectivity index (χ1v) is 6.17. The molecule has 3 heteroatoms. The standard InChI is InChI=1S/C13H20N2S/c1-4-5-9-14-13(16)15-12-8-6-7-10(2)11(12)3/h6-8H,4-5,9H2,1-3H3,(H2,14,15,16). The molecule has 1 aromatic carbocycles. The van der Waals surface area contributed by atoms with Gasteiger partial charge in [0, 0.05) is 12.2 Å². The Labute approximate surface area is 103 Å². The van der Waals surface area contributed by atoms with E-state index in [1.807, 2.05) is 6.07 Å². The monoisotopic (exact) mass is 236 g/mol. The lowest BCUT2D eigenvalue weighted by atomic mass is 10.1. The van der Waals surface area contributed by atoms with Gasteiger partial charge in [-0.15, -0.1) is 0 Å². The Hall–Kier alpha value is -1.09. The molecule has 1 rings (SSSR count). The van der Waals surface area contributed by atoms with Crippen molar-refractivity contribution in [1.29, 1.82) is 0 Å². The molecule has 0 radical (unpaired) electrons. The number of unbranched alkanes of at least 4 members (excludes halogenated alkanes) is 1. The molecule has 1 aromatic rings. The van der Waals surface area contributed by atoms with E-state index < -0.39 is 0 Å². The second-order valence-electron chi connectivity index (χ2n) is 3.98. The predicted octanol–water partition coefficient (Wildman–Crippen LogP) is 3.39. The maximum atomic E-state index is 5.23. The van der Waals surface area contributed by atoms with Gasteiger partial charge in [0.2, 0.25) is 0 Å². The normalized spacial score (nSPS) is 9.94. The van der Waals surface area contributed by atoms with Crippen LogP contribution in [0.4, 0.5) is 5.69 Å². The maximum Gasteiger partial charge on any atom is 0.170 e. The molecule has 0 aliphatic heterocycles. The average molecular weight is 236 g/mol. The highest BCUT2D eigenvalue weighted by molar-refractivity contribution is 7.80. The lowest BCUT2D eigenvalue weighted by Crippen LogP contribution is -2.29. The molecule has 0 fully saturated rings. The minimum Gasteiger partial charge on any atom is -0.362 e. The molecule has 0 atom stereocenters. The maximum absolute atomic E-state index is 5.23. The van der Waals surface area contributed by atoms with Crippen LogP contribution in [0.3, 0.4) is 0 Å². The first kappa shape index (κ1) is 13.0. The Balaban J connectivity index is 2.53. The van der Waals surface area contributed by atoms with Crippen molar-refractivity contribution < 1.29 is 0 Å². The number of hydrogen-bond acceptors (Lipinski definition) is 1. The van der Waals surface area contributed by atoms with E-state index in [4.69, 9.17) is 12.2 Å². The van der Waals surface area contributed by atoms with Crippen LogP contribution in [0.5, 0.6) is 0 Å². The molecule has 0 saturated carbocycles. The van der Waals surface area contributed by atoms with E-state index in [0.29, 0.717) is 5.11 Å². The van der Waals surface area contributed by atoms with Crippen molar-refractivity contribution in [3.63, 3.8) is 0 Å². The minimum atomic E-state index is 0.710. The van der Waals surface area contributed by atoms with Crippen molar-refractivity contribution in [3.05, 3.63) is 29.3 Å². The molecule has 0 heterocycles. The molecule has 2 N–H and O–H groups in total. The van der Waals surface area contributed by atoms with Gasteiger partial charge in [0.05, 0.1) is 0 Å². The average Bonchev–Trinajstić information content (AvgIpc) is 2.25. The number of thiocarbonyl (C=S) groups is 1. The predicted molar refractivity (Wildman–Crippen MR) is 75.0 cm³/mol. The molecule has 0 aliphatic rings. The van der Waals surface area contributed by atoms with Gasteiger partial charge in [0.15, 0.2) is 5.11 Å². The lowest BCUT2D eigenvalue weighted by Gasteiger charge is -2.13. The third-order valence-electron chi connectivity index (χ3n) is 2.67. The summed E-state index contributed by atoms with van der Waals surface area (Å²) in [6.07, 6.45) is 2.33. The largest absolute Gasteiger partial charge is 0.362 e. The van der Waals surface area contributed by atoms with Gasteiger partial charge in [0.25, 0.3) is 0 Å². The molecule has 0 unspecified atom stereocenters. The zero-order valence-electron chi connectivity index (χ0n) is 10.3. The zero-order valence-corrected chi connectivity index (χ0v) is 11.1. The number of anilines is 1. The van der Waals surface area contributed by atoms with Gasteiger partial charge in [-0.25, -0.2) is 0 Å². The second kappa shape index (κ2) is 6.48. The molecule has 16 heavy (non-hydrogen) atoms. The van der Waals surface area contributed by atoms with Crippen LogP contribution in [-0.2, 0) is 0 Å². The van der Waals surface area contributed by atoms with Crippen LogP contribution in [0.1, 0.15) is 30.9 Å². The van der Waals surface area contributed by atoms with Crippen LogP contribution in [0, 0.1) is 13.8 Å². The van der Waals surface area contributed by atoms with E-state index in [0.717, 1.165) is 18.7 Å². The number of nitrogens with one attached hydrogen (secondary N) is 2. The quantitative estimate of drug-likeness (QED) is 0.619. The molecule has 0 bridgehead atoms. The van der Waals surface area contributed by atoms with Crippen LogP contribution in [-0.4, -0.2) is 11.7 Å². The number of hydrogen-bond donors (Lipinski definition) is 2. The molecule has 0 saturated heterocycles. The third kappa shape index (κ3) is 3.81. The van der Waals surface area contributed by atoms with E-state index in [9.17, 15) is 0 Å². The molecule has 0 aliphatic carbocycles. The fraction of sp³-hybridized carbons (Fsp3) is 0.462. The Kier molecular flexibility index (Phi) is 5.26. The van der Waals surface area contributed by atoms with Gasteiger partial charge in [-0.2, -0.15) is 0 Å². The third-order valence-corrected chi connectivity index (χ3v) is 2.92. The molecule has 0 spiro atoms. The fourth-order valence-electron chi connectivity index (χ4n) is 1.43. The van der Waals surface area contributed by atoms with E-state index in [1.165, 1.54) is 17.5 Å². The van der Waals surface area contributed by atoms with Gasteiger partial charge < -0.3 is 10.6 Å². The van der Waals surface area contributed by atoms with Gasteiger partial charge in [-0.3, -0.25) is 0 Å². The van der Waals surface area contributed by atoms with Crippen molar-refractivity contribution >= 4 is 23.0 Å². The van der Waals surface area contributed by atoms with Gasteiger partial charge in [-0.05, 0) is 49.7 Å².